The van der Waals surface area contributed by atoms with Gasteiger partial charge in [0.15, 0.2) is 0 Å². The SMILES string of the molecule is CCc1c(Cl)ncnc1-c1cc(Cl)cc(Cl)c1. The highest BCUT2D eigenvalue weighted by Gasteiger charge is 2.11. The predicted octanol–water partition coefficient (Wildman–Crippen LogP) is 4.67. The van der Waals surface area contributed by atoms with Crippen molar-refractivity contribution in [3.8, 4) is 11.3 Å². The van der Waals surface area contributed by atoms with E-state index < -0.39 is 0 Å². The van der Waals surface area contributed by atoms with Crippen molar-refractivity contribution in [2.75, 3.05) is 0 Å². The average Bonchev–Trinajstić information content (AvgIpc) is 2.27. The molecule has 17 heavy (non-hydrogen) atoms. The summed E-state index contributed by atoms with van der Waals surface area (Å²) in [6.07, 6.45) is 2.19. The molecule has 0 unspecified atom stereocenters. The fourth-order valence-corrected chi connectivity index (χ4v) is 2.44. The van der Waals surface area contributed by atoms with Crippen LogP contribution >= 0.6 is 34.8 Å². The molecular formula is C12H9Cl3N2. The molecule has 0 aliphatic carbocycles. The lowest BCUT2D eigenvalue weighted by molar-refractivity contribution is 1.05. The topological polar surface area (TPSA) is 25.8 Å². The fourth-order valence-electron chi connectivity index (χ4n) is 1.64. The van der Waals surface area contributed by atoms with Gasteiger partial charge in [-0.15, -0.1) is 0 Å². The number of benzene rings is 1. The molecule has 1 aromatic heterocycles. The van der Waals surface area contributed by atoms with Crippen molar-refractivity contribution >= 4 is 34.8 Å². The molecule has 2 aromatic rings. The molecule has 0 aliphatic heterocycles. The van der Waals surface area contributed by atoms with Crippen molar-refractivity contribution in [1.82, 2.24) is 9.97 Å². The van der Waals surface area contributed by atoms with Crippen LogP contribution in [-0.2, 0) is 6.42 Å². The van der Waals surface area contributed by atoms with Gasteiger partial charge >= 0.3 is 0 Å². The quantitative estimate of drug-likeness (QED) is 0.750. The van der Waals surface area contributed by atoms with E-state index in [0.29, 0.717) is 15.2 Å². The molecule has 5 heteroatoms. The van der Waals surface area contributed by atoms with Gasteiger partial charge in [-0.05, 0) is 24.6 Å². The standard InChI is InChI=1S/C12H9Cl3N2/c1-2-10-11(16-6-17-12(10)15)7-3-8(13)5-9(14)4-7/h3-6H,2H2,1H3. The van der Waals surface area contributed by atoms with Crippen LogP contribution in [0.4, 0.5) is 0 Å². The lowest BCUT2D eigenvalue weighted by atomic mass is 10.1. The third kappa shape index (κ3) is 2.71. The minimum Gasteiger partial charge on any atom is -0.236 e. The molecule has 0 spiro atoms. The monoisotopic (exact) mass is 286 g/mol. The molecule has 0 N–H and O–H groups in total. The molecule has 0 aliphatic rings. The number of hydrogen-bond acceptors (Lipinski definition) is 2. The van der Waals surface area contributed by atoms with Crippen LogP contribution in [-0.4, -0.2) is 9.97 Å². The fraction of sp³-hybridized carbons (Fsp3) is 0.167. The van der Waals surface area contributed by atoms with E-state index in [9.17, 15) is 0 Å². The number of hydrogen-bond donors (Lipinski definition) is 0. The first kappa shape index (κ1) is 12.6. The van der Waals surface area contributed by atoms with Gasteiger partial charge in [0.25, 0.3) is 0 Å². The van der Waals surface area contributed by atoms with E-state index >= 15 is 0 Å². The molecule has 2 rings (SSSR count). The van der Waals surface area contributed by atoms with Crippen LogP contribution in [0.2, 0.25) is 15.2 Å². The zero-order valence-electron chi connectivity index (χ0n) is 9.04. The first-order chi connectivity index (χ1) is 8.11. The number of nitrogens with zero attached hydrogens (tertiary/aromatic N) is 2. The minimum atomic E-state index is 0.466. The lowest BCUT2D eigenvalue weighted by Crippen LogP contribution is -1.95. The van der Waals surface area contributed by atoms with Crippen LogP contribution in [0.1, 0.15) is 12.5 Å². The summed E-state index contributed by atoms with van der Waals surface area (Å²) in [4.78, 5) is 8.22. The summed E-state index contributed by atoms with van der Waals surface area (Å²) < 4.78 is 0. The zero-order chi connectivity index (χ0) is 12.4. The Morgan fingerprint density at radius 3 is 2.24 bits per heavy atom. The van der Waals surface area contributed by atoms with E-state index in [2.05, 4.69) is 9.97 Å². The molecule has 0 atom stereocenters. The van der Waals surface area contributed by atoms with Gasteiger partial charge in [0.1, 0.15) is 11.5 Å². The molecule has 2 nitrogen and oxygen atoms in total. The van der Waals surface area contributed by atoms with Gasteiger partial charge < -0.3 is 0 Å². The third-order valence-electron chi connectivity index (χ3n) is 2.38. The number of aromatic nitrogens is 2. The summed E-state index contributed by atoms with van der Waals surface area (Å²) in [5, 5.41) is 1.61. The van der Waals surface area contributed by atoms with Gasteiger partial charge in [0, 0.05) is 21.2 Å². The number of rotatable bonds is 2. The van der Waals surface area contributed by atoms with Gasteiger partial charge in [-0.1, -0.05) is 41.7 Å². The maximum absolute atomic E-state index is 6.04. The van der Waals surface area contributed by atoms with Crippen LogP contribution in [0, 0.1) is 0 Å². The molecular weight excluding hydrogens is 279 g/mol. The van der Waals surface area contributed by atoms with E-state index in [1.54, 1.807) is 6.07 Å². The summed E-state index contributed by atoms with van der Waals surface area (Å²) in [7, 11) is 0. The molecule has 1 heterocycles. The van der Waals surface area contributed by atoms with Crippen molar-refractivity contribution in [1.29, 1.82) is 0 Å². The van der Waals surface area contributed by atoms with E-state index in [0.717, 1.165) is 23.2 Å². The first-order valence-electron chi connectivity index (χ1n) is 5.07. The van der Waals surface area contributed by atoms with Gasteiger partial charge in [0.2, 0.25) is 0 Å². The second-order valence-corrected chi connectivity index (χ2v) is 4.73. The van der Waals surface area contributed by atoms with Crippen molar-refractivity contribution in [2.24, 2.45) is 0 Å². The Kier molecular flexibility index (Phi) is 3.87. The summed E-state index contributed by atoms with van der Waals surface area (Å²) in [5.74, 6) is 0. The van der Waals surface area contributed by atoms with E-state index in [-0.39, 0.29) is 0 Å². The average molecular weight is 288 g/mol. The molecule has 0 fully saturated rings. The Morgan fingerprint density at radius 1 is 1.00 bits per heavy atom. The van der Waals surface area contributed by atoms with Gasteiger partial charge in [-0.3, -0.25) is 0 Å². The largest absolute Gasteiger partial charge is 0.236 e. The van der Waals surface area contributed by atoms with Gasteiger partial charge in [0.05, 0.1) is 5.69 Å². The zero-order valence-corrected chi connectivity index (χ0v) is 11.3. The predicted molar refractivity (Wildman–Crippen MR) is 71.9 cm³/mol. The smallest absolute Gasteiger partial charge is 0.136 e. The molecule has 1 aromatic carbocycles. The summed E-state index contributed by atoms with van der Waals surface area (Å²) in [5.41, 5.74) is 2.52. The molecule has 0 radical (unpaired) electrons. The normalized spacial score (nSPS) is 10.6. The molecule has 0 saturated heterocycles. The van der Waals surface area contributed by atoms with E-state index in [4.69, 9.17) is 34.8 Å². The maximum Gasteiger partial charge on any atom is 0.136 e. The highest BCUT2D eigenvalue weighted by Crippen LogP contribution is 2.30. The molecule has 88 valence electrons. The Hall–Kier alpha value is -0.830. The summed E-state index contributed by atoms with van der Waals surface area (Å²) in [6, 6.07) is 5.30. The second kappa shape index (κ2) is 5.21. The van der Waals surface area contributed by atoms with E-state index in [1.807, 2.05) is 19.1 Å². The first-order valence-corrected chi connectivity index (χ1v) is 6.21. The third-order valence-corrected chi connectivity index (χ3v) is 3.14. The number of halogens is 3. The Labute approximate surface area is 115 Å². The molecule has 0 amide bonds. The summed E-state index contributed by atoms with van der Waals surface area (Å²) in [6.45, 7) is 2.00. The van der Waals surface area contributed by atoms with Crippen molar-refractivity contribution < 1.29 is 0 Å². The van der Waals surface area contributed by atoms with Crippen molar-refractivity contribution in [2.45, 2.75) is 13.3 Å². The highest BCUT2D eigenvalue weighted by atomic mass is 35.5. The highest BCUT2D eigenvalue weighted by molar-refractivity contribution is 6.35. The Bertz CT molecular complexity index is 535. The van der Waals surface area contributed by atoms with Gasteiger partial charge in [-0.2, -0.15) is 0 Å². The maximum atomic E-state index is 6.04. The Morgan fingerprint density at radius 2 is 1.65 bits per heavy atom. The van der Waals surface area contributed by atoms with Gasteiger partial charge in [-0.25, -0.2) is 9.97 Å². The van der Waals surface area contributed by atoms with Crippen LogP contribution in [0.15, 0.2) is 24.5 Å². The second-order valence-electron chi connectivity index (χ2n) is 3.50. The van der Waals surface area contributed by atoms with E-state index in [1.165, 1.54) is 6.33 Å². The van der Waals surface area contributed by atoms with Crippen LogP contribution in [0.5, 0.6) is 0 Å². The Balaban J connectivity index is 2.63. The minimum absolute atomic E-state index is 0.466. The lowest BCUT2D eigenvalue weighted by Gasteiger charge is -2.08. The van der Waals surface area contributed by atoms with Crippen LogP contribution < -0.4 is 0 Å². The molecule has 0 saturated carbocycles. The van der Waals surface area contributed by atoms with Crippen LogP contribution in [0.3, 0.4) is 0 Å². The van der Waals surface area contributed by atoms with Crippen LogP contribution in [0.25, 0.3) is 11.3 Å². The van der Waals surface area contributed by atoms with Crippen molar-refractivity contribution in [3.63, 3.8) is 0 Å². The van der Waals surface area contributed by atoms with Crippen molar-refractivity contribution in [3.05, 3.63) is 45.3 Å². The summed E-state index contributed by atoms with van der Waals surface area (Å²) >= 11 is 18.0. The molecule has 0 bridgehead atoms.